The second-order valence-corrected chi connectivity index (χ2v) is 3.40. The summed E-state index contributed by atoms with van der Waals surface area (Å²) >= 11 is 1.71. The lowest BCUT2D eigenvalue weighted by Crippen LogP contribution is -2.07. The summed E-state index contributed by atoms with van der Waals surface area (Å²) in [6, 6.07) is 3.86. The molecule has 0 saturated heterocycles. The quantitative estimate of drug-likeness (QED) is 0.657. The third kappa shape index (κ3) is 1.58. The molecule has 0 amide bonds. The molecule has 0 bridgehead atoms. The molecule has 0 aliphatic carbocycles. The van der Waals surface area contributed by atoms with Crippen LogP contribution in [0.5, 0.6) is 0 Å². The Bertz CT molecular complexity index is 286. The Kier molecular flexibility index (Phi) is 2.27. The molecule has 0 saturated carbocycles. The first-order chi connectivity index (χ1) is 5.97. The van der Waals surface area contributed by atoms with Crippen molar-refractivity contribution >= 4 is 16.8 Å². The second kappa shape index (κ2) is 3.58. The van der Waals surface area contributed by atoms with Crippen LogP contribution in [0.25, 0.3) is 0 Å². The highest BCUT2D eigenvalue weighted by Crippen LogP contribution is 2.16. The minimum Gasteiger partial charge on any atom is -0.394 e. The molecule has 1 aliphatic heterocycles. The van der Waals surface area contributed by atoms with E-state index in [1.807, 2.05) is 12.1 Å². The van der Waals surface area contributed by atoms with Crippen molar-refractivity contribution in [3.05, 3.63) is 30.1 Å². The lowest BCUT2D eigenvalue weighted by molar-refractivity contribution is 0.160. The van der Waals surface area contributed by atoms with Gasteiger partial charge in [-0.25, -0.2) is 0 Å². The maximum absolute atomic E-state index is 4.98. The van der Waals surface area contributed by atoms with E-state index in [9.17, 15) is 0 Å². The van der Waals surface area contributed by atoms with Crippen LogP contribution in [0.3, 0.4) is 0 Å². The van der Waals surface area contributed by atoms with Crippen molar-refractivity contribution in [3.63, 3.8) is 0 Å². The largest absolute Gasteiger partial charge is 0.394 e. The fourth-order valence-electron chi connectivity index (χ4n) is 0.937. The molecule has 2 heterocycles. The first kappa shape index (κ1) is 7.61. The topological polar surface area (TPSA) is 34.5 Å². The fourth-order valence-corrected chi connectivity index (χ4v) is 1.70. The average Bonchev–Trinajstić information content (AvgIpc) is 2.21. The molecule has 1 aliphatic rings. The molecule has 0 aromatic carbocycles. The number of hydrogen-bond donors (Lipinski definition) is 0. The van der Waals surface area contributed by atoms with E-state index in [4.69, 9.17) is 4.84 Å². The van der Waals surface area contributed by atoms with E-state index in [-0.39, 0.29) is 0 Å². The Labute approximate surface area is 74.8 Å². The number of pyridine rings is 1. The van der Waals surface area contributed by atoms with E-state index < -0.39 is 0 Å². The van der Waals surface area contributed by atoms with Crippen molar-refractivity contribution in [2.75, 3.05) is 12.4 Å². The minimum absolute atomic E-state index is 0.708. The van der Waals surface area contributed by atoms with Gasteiger partial charge in [0.05, 0.1) is 0 Å². The molecule has 1 aromatic heterocycles. The summed E-state index contributed by atoms with van der Waals surface area (Å²) in [5.41, 5.74) is 1.08. The Morgan fingerprint density at radius 3 is 2.83 bits per heavy atom. The lowest BCUT2D eigenvalue weighted by atomic mass is 10.3. The zero-order valence-electron chi connectivity index (χ0n) is 6.43. The van der Waals surface area contributed by atoms with Crippen LogP contribution in [0.1, 0.15) is 5.56 Å². The lowest BCUT2D eigenvalue weighted by Gasteiger charge is -2.10. The molecular weight excluding hydrogens is 172 g/mol. The first-order valence-electron chi connectivity index (χ1n) is 3.70. The molecule has 0 spiro atoms. The Morgan fingerprint density at radius 1 is 1.33 bits per heavy atom. The van der Waals surface area contributed by atoms with E-state index in [1.165, 1.54) is 0 Å². The summed E-state index contributed by atoms with van der Waals surface area (Å²) in [5.74, 6) is 0.973. The summed E-state index contributed by atoms with van der Waals surface area (Å²) in [6.45, 7) is 0.708. The van der Waals surface area contributed by atoms with Crippen molar-refractivity contribution in [2.45, 2.75) is 0 Å². The summed E-state index contributed by atoms with van der Waals surface area (Å²) in [7, 11) is 0. The molecule has 2 rings (SSSR count). The predicted octanol–water partition coefficient (Wildman–Crippen LogP) is 1.51. The maximum Gasteiger partial charge on any atom is 0.143 e. The molecule has 0 fully saturated rings. The third-order valence-electron chi connectivity index (χ3n) is 1.49. The first-order valence-corrected chi connectivity index (χ1v) is 4.68. The van der Waals surface area contributed by atoms with Crippen molar-refractivity contribution in [1.29, 1.82) is 0 Å². The van der Waals surface area contributed by atoms with Gasteiger partial charge in [-0.2, -0.15) is 0 Å². The number of oxime groups is 1. The van der Waals surface area contributed by atoms with E-state index in [0.29, 0.717) is 6.61 Å². The van der Waals surface area contributed by atoms with Gasteiger partial charge in [-0.3, -0.25) is 4.98 Å². The van der Waals surface area contributed by atoms with Crippen molar-refractivity contribution in [3.8, 4) is 0 Å². The van der Waals surface area contributed by atoms with Gasteiger partial charge in [0.15, 0.2) is 0 Å². The summed E-state index contributed by atoms with van der Waals surface area (Å²) < 4.78 is 0. The normalized spacial score (nSPS) is 16.5. The Morgan fingerprint density at radius 2 is 2.17 bits per heavy atom. The van der Waals surface area contributed by atoms with Crippen molar-refractivity contribution in [2.24, 2.45) is 5.16 Å². The molecular formula is C8H8N2OS. The Balaban J connectivity index is 2.24. The molecule has 3 nitrogen and oxygen atoms in total. The average molecular weight is 180 g/mol. The number of aromatic nitrogens is 1. The van der Waals surface area contributed by atoms with Crippen LogP contribution in [-0.2, 0) is 4.84 Å². The van der Waals surface area contributed by atoms with Gasteiger partial charge in [-0.1, -0.05) is 16.9 Å². The maximum atomic E-state index is 4.98. The summed E-state index contributed by atoms with van der Waals surface area (Å²) in [5, 5.41) is 4.90. The molecule has 62 valence electrons. The third-order valence-corrected chi connectivity index (χ3v) is 2.44. The van der Waals surface area contributed by atoms with Gasteiger partial charge in [-0.05, 0) is 12.1 Å². The number of nitrogens with zero attached hydrogens (tertiary/aromatic N) is 2. The van der Waals surface area contributed by atoms with Crippen LogP contribution in [0.2, 0.25) is 0 Å². The molecule has 1 aromatic rings. The minimum atomic E-state index is 0.708. The van der Waals surface area contributed by atoms with Gasteiger partial charge >= 0.3 is 0 Å². The van der Waals surface area contributed by atoms with E-state index >= 15 is 0 Å². The van der Waals surface area contributed by atoms with Crippen LogP contribution in [0.4, 0.5) is 0 Å². The smallest absolute Gasteiger partial charge is 0.143 e. The summed E-state index contributed by atoms with van der Waals surface area (Å²) in [6.07, 6.45) is 3.51. The van der Waals surface area contributed by atoms with E-state index in [0.717, 1.165) is 16.4 Å². The van der Waals surface area contributed by atoms with Gasteiger partial charge in [0.2, 0.25) is 0 Å². The van der Waals surface area contributed by atoms with Crippen LogP contribution in [0.15, 0.2) is 29.7 Å². The van der Waals surface area contributed by atoms with Crippen LogP contribution in [0, 0.1) is 0 Å². The zero-order chi connectivity index (χ0) is 8.23. The van der Waals surface area contributed by atoms with Gasteiger partial charge in [0.25, 0.3) is 0 Å². The highest BCUT2D eigenvalue weighted by atomic mass is 32.2. The van der Waals surface area contributed by atoms with Crippen LogP contribution >= 0.6 is 11.8 Å². The van der Waals surface area contributed by atoms with Gasteiger partial charge in [-0.15, -0.1) is 0 Å². The number of thioether (sulfide) groups is 1. The van der Waals surface area contributed by atoms with Gasteiger partial charge in [0.1, 0.15) is 11.7 Å². The van der Waals surface area contributed by atoms with Crippen LogP contribution < -0.4 is 0 Å². The monoisotopic (exact) mass is 180 g/mol. The molecule has 4 heteroatoms. The SMILES string of the molecule is c1cc(C2=NOCCS2)ccn1. The highest BCUT2D eigenvalue weighted by molar-refractivity contribution is 8.14. The molecule has 12 heavy (non-hydrogen) atoms. The summed E-state index contributed by atoms with van der Waals surface area (Å²) in [4.78, 5) is 8.92. The molecule has 0 unspecified atom stereocenters. The standard InChI is InChI=1S/C8H8N2OS/c1-3-9-4-2-7(1)8-10-11-5-6-12-8/h1-4H,5-6H2. The highest BCUT2D eigenvalue weighted by Gasteiger charge is 2.08. The zero-order valence-corrected chi connectivity index (χ0v) is 7.25. The van der Waals surface area contributed by atoms with Crippen LogP contribution in [-0.4, -0.2) is 22.4 Å². The van der Waals surface area contributed by atoms with Crippen molar-refractivity contribution < 1.29 is 4.84 Å². The Hall–Kier alpha value is -1.03. The van der Waals surface area contributed by atoms with Crippen molar-refractivity contribution in [1.82, 2.24) is 4.98 Å². The fraction of sp³-hybridized carbons (Fsp3) is 0.250. The predicted molar refractivity (Wildman–Crippen MR) is 49.2 cm³/mol. The molecule has 0 radical (unpaired) electrons. The van der Waals surface area contributed by atoms with Gasteiger partial charge < -0.3 is 4.84 Å². The second-order valence-electron chi connectivity index (χ2n) is 2.31. The molecule has 0 N–H and O–H groups in total. The van der Waals surface area contributed by atoms with E-state index in [1.54, 1.807) is 24.2 Å². The number of rotatable bonds is 1. The van der Waals surface area contributed by atoms with E-state index in [2.05, 4.69) is 10.1 Å². The van der Waals surface area contributed by atoms with Gasteiger partial charge in [0, 0.05) is 23.7 Å². The number of hydrogen-bond acceptors (Lipinski definition) is 4. The molecule has 0 atom stereocenters.